The highest BCUT2D eigenvalue weighted by Crippen LogP contribution is 2.29. The fourth-order valence-corrected chi connectivity index (χ4v) is 3.10. The molecule has 1 aliphatic rings. The monoisotopic (exact) mass is 389 g/mol. The fourth-order valence-electron chi connectivity index (χ4n) is 3.10. The molecule has 1 fully saturated rings. The quantitative estimate of drug-likeness (QED) is 0.637. The van der Waals surface area contributed by atoms with Crippen molar-refractivity contribution in [2.24, 2.45) is 5.92 Å². The number of halogens is 2. The zero-order chi connectivity index (χ0) is 18.2. The summed E-state index contributed by atoms with van der Waals surface area (Å²) in [6.45, 7) is 6.79. The average Bonchev–Trinajstić information content (AvgIpc) is 2.57. The summed E-state index contributed by atoms with van der Waals surface area (Å²) in [5.41, 5.74) is 0.236. The summed E-state index contributed by atoms with van der Waals surface area (Å²) in [4.78, 5) is 14.0. The zero-order valence-electron chi connectivity index (χ0n) is 15.8. The van der Waals surface area contributed by atoms with Crippen LogP contribution in [0.5, 0.6) is 11.5 Å². The van der Waals surface area contributed by atoms with E-state index in [-0.39, 0.29) is 36.7 Å². The van der Waals surface area contributed by atoms with Crippen LogP contribution in [0.25, 0.3) is 0 Å². The van der Waals surface area contributed by atoms with Crippen molar-refractivity contribution in [2.45, 2.75) is 33.1 Å². The minimum Gasteiger partial charge on any atom is -0.494 e. The Labute approximate surface area is 161 Å². The molecule has 1 aromatic rings. The van der Waals surface area contributed by atoms with Gasteiger partial charge in [0.2, 0.25) is 0 Å². The highest BCUT2D eigenvalue weighted by molar-refractivity contribution is 5.85. The van der Waals surface area contributed by atoms with Crippen LogP contribution in [-0.4, -0.2) is 50.8 Å². The Bertz CT molecular complexity index is 585. The lowest BCUT2D eigenvalue weighted by Crippen LogP contribution is -2.34. The third-order valence-electron chi connectivity index (χ3n) is 4.24. The first-order valence-electron chi connectivity index (χ1n) is 8.95. The molecular weight excluding hydrogens is 361 g/mol. The van der Waals surface area contributed by atoms with Gasteiger partial charge in [0.15, 0.2) is 11.6 Å². The summed E-state index contributed by atoms with van der Waals surface area (Å²) in [6.07, 6.45) is 2.07. The highest BCUT2D eigenvalue weighted by Gasteiger charge is 2.20. The number of rotatable bonds is 8. The molecule has 1 heterocycles. The van der Waals surface area contributed by atoms with E-state index in [4.69, 9.17) is 14.2 Å². The number of piperidine rings is 1. The maximum absolute atomic E-state index is 14.7. The van der Waals surface area contributed by atoms with Gasteiger partial charge in [0, 0.05) is 24.1 Å². The first-order valence-corrected chi connectivity index (χ1v) is 8.95. The van der Waals surface area contributed by atoms with Crippen molar-refractivity contribution in [1.82, 2.24) is 4.90 Å². The molecule has 26 heavy (non-hydrogen) atoms. The molecule has 0 bridgehead atoms. The molecule has 0 amide bonds. The van der Waals surface area contributed by atoms with E-state index in [0.717, 1.165) is 25.9 Å². The van der Waals surface area contributed by atoms with Gasteiger partial charge >= 0.3 is 5.97 Å². The number of benzene rings is 1. The lowest BCUT2D eigenvalue weighted by molar-refractivity contribution is -0.142. The van der Waals surface area contributed by atoms with Gasteiger partial charge in [-0.25, -0.2) is 4.39 Å². The molecule has 1 saturated heterocycles. The largest absolute Gasteiger partial charge is 0.494 e. The van der Waals surface area contributed by atoms with E-state index in [1.54, 1.807) is 13.0 Å². The van der Waals surface area contributed by atoms with Crippen LogP contribution < -0.4 is 9.47 Å². The molecular formula is C19H29ClFNO4. The number of ether oxygens (including phenoxy) is 3. The molecule has 1 aromatic carbocycles. The molecule has 5 nitrogen and oxygen atoms in total. The van der Waals surface area contributed by atoms with Crippen LogP contribution >= 0.6 is 12.4 Å². The van der Waals surface area contributed by atoms with Crippen molar-refractivity contribution < 1.29 is 23.4 Å². The molecule has 148 valence electrons. The summed E-state index contributed by atoms with van der Waals surface area (Å²) < 4.78 is 30.9. The number of esters is 1. The van der Waals surface area contributed by atoms with Crippen LogP contribution in [0.15, 0.2) is 12.1 Å². The van der Waals surface area contributed by atoms with Crippen molar-refractivity contribution in [3.63, 3.8) is 0 Å². The van der Waals surface area contributed by atoms with Crippen molar-refractivity contribution in [3.05, 3.63) is 23.5 Å². The van der Waals surface area contributed by atoms with Gasteiger partial charge in [-0.1, -0.05) is 0 Å². The second-order valence-corrected chi connectivity index (χ2v) is 6.39. The second kappa shape index (κ2) is 11.2. The summed E-state index contributed by atoms with van der Waals surface area (Å²) in [7, 11) is 2.08. The van der Waals surface area contributed by atoms with Crippen molar-refractivity contribution >= 4 is 18.4 Å². The Kier molecular flexibility index (Phi) is 9.73. The normalized spacial score (nSPS) is 17.3. The van der Waals surface area contributed by atoms with E-state index in [1.807, 2.05) is 6.92 Å². The van der Waals surface area contributed by atoms with E-state index in [1.165, 1.54) is 6.07 Å². The topological polar surface area (TPSA) is 48.0 Å². The molecule has 1 unspecified atom stereocenters. The number of hydrogen-bond acceptors (Lipinski definition) is 5. The lowest BCUT2D eigenvalue weighted by atomic mass is 9.99. The molecule has 0 spiro atoms. The second-order valence-electron chi connectivity index (χ2n) is 6.39. The summed E-state index contributed by atoms with van der Waals surface area (Å²) in [5.74, 6) is 0.0374. The third-order valence-corrected chi connectivity index (χ3v) is 4.24. The number of nitrogens with zero attached hydrogens (tertiary/aromatic N) is 1. The van der Waals surface area contributed by atoms with Crippen molar-refractivity contribution in [2.75, 3.05) is 40.0 Å². The maximum atomic E-state index is 14.7. The van der Waals surface area contributed by atoms with Gasteiger partial charge in [0.1, 0.15) is 5.75 Å². The smallest absolute Gasteiger partial charge is 0.310 e. The van der Waals surface area contributed by atoms with Gasteiger partial charge in [-0.3, -0.25) is 4.79 Å². The number of likely N-dealkylation sites (tertiary alicyclic amines) is 1. The SMILES string of the molecule is CCOC(=O)Cc1cc(OCC)cc(OCC2CCCN(C)C2)c1F.Cl. The predicted molar refractivity (Wildman–Crippen MR) is 101 cm³/mol. The molecule has 0 N–H and O–H groups in total. The van der Waals surface area contributed by atoms with Gasteiger partial charge in [-0.05, 0) is 46.3 Å². The minimum atomic E-state index is -0.513. The Morgan fingerprint density at radius 3 is 2.69 bits per heavy atom. The fraction of sp³-hybridized carbons (Fsp3) is 0.632. The van der Waals surface area contributed by atoms with E-state index in [0.29, 0.717) is 24.9 Å². The average molecular weight is 390 g/mol. The summed E-state index contributed by atoms with van der Waals surface area (Å²) >= 11 is 0. The molecule has 0 saturated carbocycles. The lowest BCUT2D eigenvalue weighted by Gasteiger charge is -2.29. The van der Waals surface area contributed by atoms with Crippen molar-refractivity contribution in [1.29, 1.82) is 0 Å². The first-order chi connectivity index (χ1) is 12.0. The Morgan fingerprint density at radius 1 is 1.27 bits per heavy atom. The molecule has 0 radical (unpaired) electrons. The number of hydrogen-bond donors (Lipinski definition) is 0. The summed E-state index contributed by atoms with van der Waals surface area (Å²) in [5, 5.41) is 0. The minimum absolute atomic E-state index is 0. The van der Waals surface area contributed by atoms with Gasteiger partial charge in [-0.2, -0.15) is 0 Å². The van der Waals surface area contributed by atoms with Gasteiger partial charge < -0.3 is 19.1 Å². The zero-order valence-corrected chi connectivity index (χ0v) is 16.6. The van der Waals surface area contributed by atoms with E-state index >= 15 is 0 Å². The molecule has 1 atom stereocenters. The maximum Gasteiger partial charge on any atom is 0.310 e. The first kappa shape index (κ1) is 22.5. The number of carbonyl (C=O) groups excluding carboxylic acids is 1. The van der Waals surface area contributed by atoms with E-state index in [9.17, 15) is 9.18 Å². The highest BCUT2D eigenvalue weighted by atomic mass is 35.5. The van der Waals surface area contributed by atoms with Gasteiger partial charge in [-0.15, -0.1) is 12.4 Å². The van der Waals surface area contributed by atoms with E-state index in [2.05, 4.69) is 11.9 Å². The standard InChI is InChI=1S/C19H28FNO4.ClH/c1-4-23-16-9-15(10-18(22)24-5-2)19(20)17(11-16)25-13-14-7-6-8-21(3)12-14;/h9,11,14H,4-8,10,12-13H2,1-3H3;1H. The summed E-state index contributed by atoms with van der Waals surface area (Å²) in [6, 6.07) is 3.09. The van der Waals surface area contributed by atoms with Crippen LogP contribution in [0.2, 0.25) is 0 Å². The Morgan fingerprint density at radius 2 is 2.04 bits per heavy atom. The van der Waals surface area contributed by atoms with Gasteiger partial charge in [0.05, 0.1) is 26.2 Å². The van der Waals surface area contributed by atoms with Crippen LogP contribution in [0.1, 0.15) is 32.3 Å². The third kappa shape index (κ3) is 6.65. The predicted octanol–water partition coefficient (Wildman–Crippen LogP) is 3.47. The van der Waals surface area contributed by atoms with Crippen LogP contribution in [-0.2, 0) is 16.0 Å². The Balaban J connectivity index is 0.00000338. The molecule has 0 aliphatic carbocycles. The number of carbonyl (C=O) groups is 1. The molecule has 0 aromatic heterocycles. The Hall–Kier alpha value is -1.53. The molecule has 1 aliphatic heterocycles. The van der Waals surface area contributed by atoms with Gasteiger partial charge in [0.25, 0.3) is 0 Å². The van der Waals surface area contributed by atoms with Crippen LogP contribution in [0.3, 0.4) is 0 Å². The molecule has 2 rings (SSSR count). The molecule has 7 heteroatoms. The van der Waals surface area contributed by atoms with Crippen LogP contribution in [0, 0.1) is 11.7 Å². The van der Waals surface area contributed by atoms with Crippen molar-refractivity contribution in [3.8, 4) is 11.5 Å². The van der Waals surface area contributed by atoms with Crippen LogP contribution in [0.4, 0.5) is 4.39 Å². The van der Waals surface area contributed by atoms with E-state index < -0.39 is 11.8 Å².